The van der Waals surface area contributed by atoms with Crippen molar-refractivity contribution in [3.05, 3.63) is 59.9 Å². The summed E-state index contributed by atoms with van der Waals surface area (Å²) < 4.78 is 41.0. The third-order valence-corrected chi connectivity index (χ3v) is 4.09. The molecule has 0 radical (unpaired) electrons. The van der Waals surface area contributed by atoms with Crippen molar-refractivity contribution >= 4 is 27.6 Å². The molecule has 0 bridgehead atoms. The lowest BCUT2D eigenvalue weighted by Crippen LogP contribution is -2.30. The SMILES string of the molecule is CC(OC(=O)c1ccccc1F)C(=O)Nc1cccc(S(N)(=O)=O)c1. The molecule has 0 fully saturated rings. The number of nitrogens with two attached hydrogens (primary N) is 1. The highest BCUT2D eigenvalue weighted by Gasteiger charge is 2.21. The molecule has 2 aromatic rings. The maximum Gasteiger partial charge on any atom is 0.341 e. The van der Waals surface area contributed by atoms with Gasteiger partial charge in [0.25, 0.3) is 5.91 Å². The predicted molar refractivity (Wildman–Crippen MR) is 87.7 cm³/mol. The van der Waals surface area contributed by atoms with Crippen LogP contribution in [0.4, 0.5) is 10.1 Å². The van der Waals surface area contributed by atoms with E-state index in [1.54, 1.807) is 0 Å². The number of halogens is 1. The summed E-state index contributed by atoms with van der Waals surface area (Å²) in [6.07, 6.45) is -1.23. The van der Waals surface area contributed by atoms with Gasteiger partial charge in [-0.3, -0.25) is 4.79 Å². The van der Waals surface area contributed by atoms with Gasteiger partial charge in [0.2, 0.25) is 10.0 Å². The molecule has 0 heterocycles. The summed E-state index contributed by atoms with van der Waals surface area (Å²) in [5, 5.41) is 7.41. The van der Waals surface area contributed by atoms with Crippen molar-refractivity contribution in [1.29, 1.82) is 0 Å². The molecule has 132 valence electrons. The van der Waals surface area contributed by atoms with Gasteiger partial charge >= 0.3 is 5.97 Å². The van der Waals surface area contributed by atoms with E-state index in [9.17, 15) is 22.4 Å². The molecule has 9 heteroatoms. The van der Waals surface area contributed by atoms with Crippen LogP contribution in [-0.4, -0.2) is 26.4 Å². The number of sulfonamides is 1. The summed E-state index contributed by atoms with van der Waals surface area (Å²) in [6.45, 7) is 1.30. The zero-order chi connectivity index (χ0) is 18.6. The molecular formula is C16H15FN2O5S. The van der Waals surface area contributed by atoms with Crippen molar-refractivity contribution in [2.24, 2.45) is 5.14 Å². The Labute approximate surface area is 143 Å². The predicted octanol–water partition coefficient (Wildman–Crippen LogP) is 1.66. The van der Waals surface area contributed by atoms with Crippen LogP contribution in [-0.2, 0) is 19.6 Å². The second kappa shape index (κ2) is 7.41. The lowest BCUT2D eigenvalue weighted by molar-refractivity contribution is -0.123. The Hall–Kier alpha value is -2.78. The van der Waals surface area contributed by atoms with Gasteiger partial charge in [-0.15, -0.1) is 0 Å². The number of nitrogens with one attached hydrogen (secondary N) is 1. The van der Waals surface area contributed by atoms with Crippen LogP contribution >= 0.6 is 0 Å². The lowest BCUT2D eigenvalue weighted by Gasteiger charge is -2.14. The normalized spacial score (nSPS) is 12.3. The topological polar surface area (TPSA) is 116 Å². The van der Waals surface area contributed by atoms with Crippen LogP contribution in [0.2, 0.25) is 0 Å². The Bertz CT molecular complexity index is 914. The minimum atomic E-state index is -3.92. The number of anilines is 1. The van der Waals surface area contributed by atoms with Crippen molar-refractivity contribution in [2.75, 3.05) is 5.32 Å². The smallest absolute Gasteiger partial charge is 0.341 e. The highest BCUT2D eigenvalue weighted by molar-refractivity contribution is 7.89. The van der Waals surface area contributed by atoms with Gasteiger partial charge in [-0.05, 0) is 37.3 Å². The van der Waals surface area contributed by atoms with Crippen LogP contribution in [0.5, 0.6) is 0 Å². The van der Waals surface area contributed by atoms with Crippen LogP contribution in [0, 0.1) is 5.82 Å². The van der Waals surface area contributed by atoms with E-state index in [0.29, 0.717) is 0 Å². The Morgan fingerprint density at radius 2 is 1.84 bits per heavy atom. The van der Waals surface area contributed by atoms with E-state index in [0.717, 1.165) is 6.07 Å². The zero-order valence-corrected chi connectivity index (χ0v) is 13.9. The Morgan fingerprint density at radius 1 is 1.16 bits per heavy atom. The third-order valence-electron chi connectivity index (χ3n) is 3.18. The van der Waals surface area contributed by atoms with E-state index in [1.807, 2.05) is 0 Å². The van der Waals surface area contributed by atoms with Gasteiger partial charge in [0.15, 0.2) is 6.10 Å². The van der Waals surface area contributed by atoms with Gasteiger partial charge < -0.3 is 10.1 Å². The molecule has 0 spiro atoms. The van der Waals surface area contributed by atoms with Crippen LogP contribution in [0.3, 0.4) is 0 Å². The molecule has 2 rings (SSSR count). The van der Waals surface area contributed by atoms with Gasteiger partial charge in [0, 0.05) is 5.69 Å². The number of esters is 1. The van der Waals surface area contributed by atoms with Crippen molar-refractivity contribution < 1.29 is 27.1 Å². The number of rotatable bonds is 5. The molecule has 0 aliphatic carbocycles. The fraction of sp³-hybridized carbons (Fsp3) is 0.125. The molecule has 0 aliphatic heterocycles. The molecule has 0 saturated carbocycles. The highest BCUT2D eigenvalue weighted by Crippen LogP contribution is 2.15. The molecule has 0 aliphatic rings. The highest BCUT2D eigenvalue weighted by atomic mass is 32.2. The summed E-state index contributed by atoms with van der Waals surface area (Å²) >= 11 is 0. The first-order chi connectivity index (χ1) is 11.7. The molecule has 0 saturated heterocycles. The Morgan fingerprint density at radius 3 is 2.48 bits per heavy atom. The first kappa shape index (κ1) is 18.6. The van der Waals surface area contributed by atoms with Gasteiger partial charge in [0.05, 0.1) is 10.5 Å². The molecule has 25 heavy (non-hydrogen) atoms. The van der Waals surface area contributed by atoms with Crippen LogP contribution < -0.4 is 10.5 Å². The lowest BCUT2D eigenvalue weighted by atomic mass is 10.2. The maximum atomic E-state index is 13.5. The number of ether oxygens (including phenoxy) is 1. The van der Waals surface area contributed by atoms with E-state index < -0.39 is 33.8 Å². The number of carbonyl (C=O) groups excluding carboxylic acids is 2. The van der Waals surface area contributed by atoms with Crippen molar-refractivity contribution in [2.45, 2.75) is 17.9 Å². The quantitative estimate of drug-likeness (QED) is 0.781. The Kier molecular flexibility index (Phi) is 5.50. The minimum absolute atomic E-state index is 0.158. The van der Waals surface area contributed by atoms with Gasteiger partial charge in [-0.2, -0.15) is 0 Å². The van der Waals surface area contributed by atoms with E-state index in [4.69, 9.17) is 9.88 Å². The fourth-order valence-corrected chi connectivity index (χ4v) is 2.46. The molecule has 3 N–H and O–H groups in total. The van der Waals surface area contributed by atoms with Crippen molar-refractivity contribution in [3.63, 3.8) is 0 Å². The van der Waals surface area contributed by atoms with Crippen LogP contribution in [0.1, 0.15) is 17.3 Å². The molecule has 2 aromatic carbocycles. The van der Waals surface area contributed by atoms with Gasteiger partial charge in [0.1, 0.15) is 5.82 Å². The third kappa shape index (κ3) is 4.85. The van der Waals surface area contributed by atoms with E-state index in [-0.39, 0.29) is 16.1 Å². The summed E-state index contributed by atoms with van der Waals surface area (Å²) in [5.74, 6) is -2.46. The monoisotopic (exact) mass is 366 g/mol. The second-order valence-corrected chi connectivity index (χ2v) is 6.65. The van der Waals surface area contributed by atoms with Crippen molar-refractivity contribution in [3.8, 4) is 0 Å². The van der Waals surface area contributed by atoms with Gasteiger partial charge in [-0.1, -0.05) is 18.2 Å². The van der Waals surface area contributed by atoms with E-state index in [2.05, 4.69) is 5.32 Å². The molecular weight excluding hydrogens is 351 g/mol. The summed E-state index contributed by atoms with van der Waals surface area (Å²) in [4.78, 5) is 23.8. The van der Waals surface area contributed by atoms with Crippen molar-refractivity contribution in [1.82, 2.24) is 0 Å². The fourth-order valence-electron chi connectivity index (χ4n) is 1.90. The van der Waals surface area contributed by atoms with Crippen LogP contribution in [0.15, 0.2) is 53.4 Å². The Balaban J connectivity index is 2.06. The summed E-state index contributed by atoms with van der Waals surface area (Å²) in [5.41, 5.74) is -0.135. The zero-order valence-electron chi connectivity index (χ0n) is 13.1. The first-order valence-corrected chi connectivity index (χ1v) is 8.62. The summed E-state index contributed by atoms with van der Waals surface area (Å²) in [7, 11) is -3.92. The van der Waals surface area contributed by atoms with Crippen LogP contribution in [0.25, 0.3) is 0 Å². The first-order valence-electron chi connectivity index (χ1n) is 7.07. The average molecular weight is 366 g/mol. The van der Waals surface area contributed by atoms with E-state index >= 15 is 0 Å². The number of amides is 1. The molecule has 0 aromatic heterocycles. The van der Waals surface area contributed by atoms with E-state index in [1.165, 1.54) is 49.4 Å². The number of primary sulfonamides is 1. The molecule has 1 unspecified atom stereocenters. The number of benzene rings is 2. The van der Waals surface area contributed by atoms with Gasteiger partial charge in [-0.25, -0.2) is 22.7 Å². The summed E-state index contributed by atoms with van der Waals surface area (Å²) in [6, 6.07) is 10.5. The standard InChI is InChI=1S/C16H15FN2O5S/c1-10(24-16(21)13-7-2-3-8-14(13)17)15(20)19-11-5-4-6-12(9-11)25(18,22)23/h2-10H,1H3,(H,19,20)(H2,18,22,23). The minimum Gasteiger partial charge on any atom is -0.449 e. The average Bonchev–Trinajstić information content (AvgIpc) is 2.54. The number of hydrogen-bond acceptors (Lipinski definition) is 5. The number of hydrogen-bond donors (Lipinski definition) is 2. The largest absolute Gasteiger partial charge is 0.449 e. The number of carbonyl (C=O) groups is 2. The molecule has 1 amide bonds. The second-order valence-electron chi connectivity index (χ2n) is 5.09. The maximum absolute atomic E-state index is 13.5. The molecule has 1 atom stereocenters. The molecule has 7 nitrogen and oxygen atoms in total.